The van der Waals surface area contributed by atoms with Gasteiger partial charge in [0.2, 0.25) is 0 Å². The van der Waals surface area contributed by atoms with Crippen LogP contribution in [0.1, 0.15) is 52.1 Å². The standard InChI is InChI=1S/C24H33N5O2/c1-5-17(6-2)15-31-24(30)18(13-25)22-23(28-20-10-8-7-9-19(20)27-22)29-12-11-26-21(14-29)16(3)4/h7-10,16-18,21,26H,5-6,11-12,14-15H2,1-4H3. The van der Waals surface area contributed by atoms with E-state index < -0.39 is 11.9 Å². The second-order valence-electron chi connectivity index (χ2n) is 8.55. The van der Waals surface area contributed by atoms with Crippen molar-refractivity contribution in [3.8, 4) is 6.07 Å². The number of hydrogen-bond donors (Lipinski definition) is 1. The van der Waals surface area contributed by atoms with Gasteiger partial charge in [-0.1, -0.05) is 52.7 Å². The normalized spacial score (nSPS) is 17.7. The molecule has 2 aromatic rings. The van der Waals surface area contributed by atoms with Gasteiger partial charge >= 0.3 is 5.97 Å². The van der Waals surface area contributed by atoms with Crippen LogP contribution in [0.4, 0.5) is 5.82 Å². The number of nitriles is 1. The molecule has 2 heterocycles. The first kappa shape index (κ1) is 23.0. The van der Waals surface area contributed by atoms with Crippen LogP contribution in [-0.2, 0) is 9.53 Å². The predicted octanol–water partition coefficient (Wildman–Crippen LogP) is 3.65. The van der Waals surface area contributed by atoms with Gasteiger partial charge in [0.25, 0.3) is 0 Å². The Kier molecular flexibility index (Phi) is 7.80. The summed E-state index contributed by atoms with van der Waals surface area (Å²) in [5, 5.41) is 13.5. The molecule has 3 rings (SSSR count). The maximum absolute atomic E-state index is 12.9. The third-order valence-electron chi connectivity index (χ3n) is 6.14. The van der Waals surface area contributed by atoms with E-state index in [1.54, 1.807) is 0 Å². The van der Waals surface area contributed by atoms with Gasteiger partial charge in [0.05, 0.1) is 23.7 Å². The molecule has 7 nitrogen and oxygen atoms in total. The SMILES string of the molecule is CCC(CC)COC(=O)C(C#N)c1nc2ccccc2nc1N1CCNC(C(C)C)C1. The first-order valence-corrected chi connectivity index (χ1v) is 11.3. The fraction of sp³-hybridized carbons (Fsp3) is 0.583. The quantitative estimate of drug-likeness (QED) is 0.648. The third-order valence-corrected chi connectivity index (χ3v) is 6.14. The molecule has 1 fully saturated rings. The van der Waals surface area contributed by atoms with Crippen molar-refractivity contribution in [2.45, 2.75) is 52.5 Å². The monoisotopic (exact) mass is 423 g/mol. The number of anilines is 1. The Hall–Kier alpha value is -2.72. The number of hydrogen-bond acceptors (Lipinski definition) is 7. The minimum absolute atomic E-state index is 0.297. The highest BCUT2D eigenvalue weighted by Gasteiger charge is 2.32. The molecule has 0 spiro atoms. The number of carbonyl (C=O) groups excluding carboxylic acids is 1. The minimum Gasteiger partial charge on any atom is -0.464 e. The Morgan fingerprint density at radius 3 is 2.55 bits per heavy atom. The highest BCUT2D eigenvalue weighted by molar-refractivity contribution is 5.85. The average Bonchev–Trinajstić information content (AvgIpc) is 2.79. The van der Waals surface area contributed by atoms with Crippen LogP contribution in [0, 0.1) is 23.2 Å². The zero-order chi connectivity index (χ0) is 22.4. The molecule has 2 atom stereocenters. The summed E-state index contributed by atoms with van der Waals surface area (Å²) in [6.07, 6.45) is 1.86. The molecular formula is C24H33N5O2. The van der Waals surface area contributed by atoms with E-state index in [1.165, 1.54) is 0 Å². The van der Waals surface area contributed by atoms with Gasteiger partial charge in [-0.3, -0.25) is 4.79 Å². The smallest absolute Gasteiger partial charge is 0.329 e. The van der Waals surface area contributed by atoms with Crippen LogP contribution in [0.25, 0.3) is 11.0 Å². The van der Waals surface area contributed by atoms with Crippen molar-refractivity contribution in [3.63, 3.8) is 0 Å². The maximum Gasteiger partial charge on any atom is 0.329 e. The number of piperazine rings is 1. The van der Waals surface area contributed by atoms with Crippen LogP contribution in [0.5, 0.6) is 0 Å². The summed E-state index contributed by atoms with van der Waals surface area (Å²) in [5.74, 6) is -0.289. The summed E-state index contributed by atoms with van der Waals surface area (Å²) in [7, 11) is 0. The highest BCUT2D eigenvalue weighted by Crippen LogP contribution is 2.29. The van der Waals surface area contributed by atoms with Crippen LogP contribution in [0.3, 0.4) is 0 Å². The maximum atomic E-state index is 12.9. The molecule has 2 unspecified atom stereocenters. The predicted molar refractivity (Wildman–Crippen MR) is 122 cm³/mol. The molecule has 1 aromatic heterocycles. The van der Waals surface area contributed by atoms with E-state index in [-0.39, 0.29) is 0 Å². The fourth-order valence-corrected chi connectivity index (χ4v) is 3.88. The van der Waals surface area contributed by atoms with Crippen molar-refractivity contribution in [1.82, 2.24) is 15.3 Å². The van der Waals surface area contributed by atoms with Gasteiger partial charge in [-0.15, -0.1) is 0 Å². The minimum atomic E-state index is -1.10. The number of nitrogens with one attached hydrogen (secondary N) is 1. The van der Waals surface area contributed by atoms with E-state index in [0.29, 0.717) is 41.5 Å². The second kappa shape index (κ2) is 10.5. The molecule has 0 bridgehead atoms. The zero-order valence-corrected chi connectivity index (χ0v) is 19.0. The van der Waals surface area contributed by atoms with Crippen molar-refractivity contribution in [2.75, 3.05) is 31.1 Å². The van der Waals surface area contributed by atoms with E-state index in [1.807, 2.05) is 24.3 Å². The topological polar surface area (TPSA) is 91.1 Å². The number of ether oxygens (including phenoxy) is 1. The van der Waals surface area contributed by atoms with Crippen LogP contribution < -0.4 is 10.2 Å². The first-order valence-electron chi connectivity index (χ1n) is 11.3. The number of para-hydroxylation sites is 2. The van der Waals surface area contributed by atoms with Crippen LogP contribution in [-0.4, -0.2) is 48.2 Å². The van der Waals surface area contributed by atoms with Crippen LogP contribution in [0.2, 0.25) is 0 Å². The molecule has 1 N–H and O–H groups in total. The molecule has 31 heavy (non-hydrogen) atoms. The molecule has 0 saturated carbocycles. The summed E-state index contributed by atoms with van der Waals surface area (Å²) >= 11 is 0. The Morgan fingerprint density at radius 2 is 1.94 bits per heavy atom. The van der Waals surface area contributed by atoms with Crippen molar-refractivity contribution in [1.29, 1.82) is 5.26 Å². The number of rotatable bonds is 8. The Balaban J connectivity index is 1.97. The van der Waals surface area contributed by atoms with Crippen molar-refractivity contribution >= 4 is 22.8 Å². The van der Waals surface area contributed by atoms with Crippen molar-refractivity contribution < 1.29 is 9.53 Å². The van der Waals surface area contributed by atoms with Crippen molar-refractivity contribution in [3.05, 3.63) is 30.0 Å². The lowest BCUT2D eigenvalue weighted by Gasteiger charge is -2.37. The van der Waals surface area contributed by atoms with Crippen LogP contribution in [0.15, 0.2) is 24.3 Å². The van der Waals surface area contributed by atoms with E-state index in [9.17, 15) is 10.1 Å². The average molecular weight is 424 g/mol. The van der Waals surface area contributed by atoms with Gasteiger partial charge in [0.15, 0.2) is 11.7 Å². The van der Waals surface area contributed by atoms with Gasteiger partial charge in [0, 0.05) is 25.7 Å². The Bertz CT molecular complexity index is 935. The van der Waals surface area contributed by atoms with Gasteiger partial charge in [-0.25, -0.2) is 9.97 Å². The largest absolute Gasteiger partial charge is 0.464 e. The molecule has 1 aliphatic heterocycles. The van der Waals surface area contributed by atoms with Crippen molar-refractivity contribution in [2.24, 2.45) is 11.8 Å². The number of benzene rings is 1. The Labute approximate surface area is 184 Å². The van der Waals surface area contributed by atoms with E-state index in [2.05, 4.69) is 44.0 Å². The molecule has 1 aliphatic rings. The zero-order valence-electron chi connectivity index (χ0n) is 19.0. The summed E-state index contributed by atoms with van der Waals surface area (Å²) in [4.78, 5) is 24.6. The molecule has 1 saturated heterocycles. The lowest BCUT2D eigenvalue weighted by molar-refractivity contribution is -0.145. The number of carbonyl (C=O) groups is 1. The molecule has 0 radical (unpaired) electrons. The molecule has 166 valence electrons. The number of aromatic nitrogens is 2. The lowest BCUT2D eigenvalue weighted by Crippen LogP contribution is -2.53. The summed E-state index contributed by atoms with van der Waals surface area (Å²) < 4.78 is 5.55. The number of esters is 1. The molecule has 1 aromatic carbocycles. The third kappa shape index (κ3) is 5.31. The summed E-state index contributed by atoms with van der Waals surface area (Å²) in [5.41, 5.74) is 1.81. The van der Waals surface area contributed by atoms with E-state index in [0.717, 1.165) is 38.0 Å². The molecular weight excluding hydrogens is 390 g/mol. The summed E-state index contributed by atoms with van der Waals surface area (Å²) in [6.45, 7) is 11.1. The first-order chi connectivity index (χ1) is 15.0. The van der Waals surface area contributed by atoms with Gasteiger partial charge < -0.3 is 15.0 Å². The van der Waals surface area contributed by atoms with Gasteiger partial charge in [-0.05, 0) is 24.0 Å². The highest BCUT2D eigenvalue weighted by atomic mass is 16.5. The van der Waals surface area contributed by atoms with Gasteiger partial charge in [-0.2, -0.15) is 5.26 Å². The molecule has 0 aliphatic carbocycles. The number of nitrogens with zero attached hydrogens (tertiary/aromatic N) is 4. The van der Waals surface area contributed by atoms with Crippen LogP contribution >= 0.6 is 0 Å². The van der Waals surface area contributed by atoms with Gasteiger partial charge in [0.1, 0.15) is 5.69 Å². The van der Waals surface area contributed by atoms with E-state index in [4.69, 9.17) is 14.7 Å². The Morgan fingerprint density at radius 1 is 1.26 bits per heavy atom. The lowest BCUT2D eigenvalue weighted by atomic mass is 10.0. The summed E-state index contributed by atoms with van der Waals surface area (Å²) in [6, 6.07) is 10.0. The number of fused-ring (bicyclic) bond motifs is 1. The second-order valence-corrected chi connectivity index (χ2v) is 8.55. The molecule has 7 heteroatoms. The van der Waals surface area contributed by atoms with E-state index >= 15 is 0 Å². The molecule has 0 amide bonds. The fourth-order valence-electron chi connectivity index (χ4n) is 3.88.